The molecule has 1 aromatic heterocycles. The quantitative estimate of drug-likeness (QED) is 0.790. The largest absolute Gasteiger partial charge is 0.379 e. The molecule has 0 spiro atoms. The summed E-state index contributed by atoms with van der Waals surface area (Å²) in [6, 6.07) is 1.49. The molecule has 130 valence electrons. The fourth-order valence-electron chi connectivity index (χ4n) is 2.33. The second-order valence-corrected chi connectivity index (χ2v) is 8.44. The molecule has 9 heteroatoms. The molecule has 2 rings (SSSR count). The molecule has 0 aromatic carbocycles. The van der Waals surface area contributed by atoms with E-state index in [-0.39, 0.29) is 29.7 Å². The highest BCUT2D eigenvalue weighted by atomic mass is 32.2. The van der Waals surface area contributed by atoms with Gasteiger partial charge in [0.15, 0.2) is 0 Å². The summed E-state index contributed by atoms with van der Waals surface area (Å²) in [4.78, 5) is 12.3. The lowest BCUT2D eigenvalue weighted by Crippen LogP contribution is -2.43. The molecule has 2 heterocycles. The topological polar surface area (TPSA) is 93.5 Å². The molecule has 8 nitrogen and oxygen atoms in total. The lowest BCUT2D eigenvalue weighted by Gasteiger charge is -2.20. The van der Waals surface area contributed by atoms with Gasteiger partial charge >= 0.3 is 0 Å². The average molecular weight is 344 g/mol. The molecule has 2 atom stereocenters. The van der Waals surface area contributed by atoms with Crippen LogP contribution in [0.15, 0.2) is 12.3 Å². The van der Waals surface area contributed by atoms with Crippen molar-refractivity contribution in [1.82, 2.24) is 19.4 Å². The van der Waals surface area contributed by atoms with E-state index in [4.69, 9.17) is 4.74 Å². The summed E-state index contributed by atoms with van der Waals surface area (Å²) in [6.07, 6.45) is 1.75. The van der Waals surface area contributed by atoms with E-state index >= 15 is 0 Å². The van der Waals surface area contributed by atoms with E-state index < -0.39 is 10.0 Å². The zero-order valence-corrected chi connectivity index (χ0v) is 14.7. The second kappa shape index (κ2) is 6.98. The zero-order chi connectivity index (χ0) is 17.2. The highest BCUT2D eigenvalue weighted by Crippen LogP contribution is 2.17. The Morgan fingerprint density at radius 3 is 2.74 bits per heavy atom. The van der Waals surface area contributed by atoms with Crippen LogP contribution in [0.25, 0.3) is 0 Å². The normalized spacial score (nSPS) is 22.0. The van der Waals surface area contributed by atoms with Crippen molar-refractivity contribution in [1.29, 1.82) is 0 Å². The summed E-state index contributed by atoms with van der Waals surface area (Å²) in [5, 5.41) is 7.05. The Labute approximate surface area is 136 Å². The van der Waals surface area contributed by atoms with Crippen molar-refractivity contribution < 1.29 is 17.9 Å². The summed E-state index contributed by atoms with van der Waals surface area (Å²) >= 11 is 0. The smallest absolute Gasteiger partial charge is 0.272 e. The Morgan fingerprint density at radius 2 is 2.17 bits per heavy atom. The van der Waals surface area contributed by atoms with Gasteiger partial charge in [0.05, 0.1) is 25.0 Å². The fourth-order valence-corrected chi connectivity index (χ4v) is 3.50. The molecule has 23 heavy (non-hydrogen) atoms. The van der Waals surface area contributed by atoms with Gasteiger partial charge in [-0.15, -0.1) is 0 Å². The fraction of sp³-hybridized carbons (Fsp3) is 0.714. The Balaban J connectivity index is 2.01. The van der Waals surface area contributed by atoms with Gasteiger partial charge in [-0.25, -0.2) is 12.7 Å². The summed E-state index contributed by atoms with van der Waals surface area (Å²) in [6.45, 7) is 4.58. The van der Waals surface area contributed by atoms with Crippen LogP contribution in [0, 0.1) is 5.92 Å². The Kier molecular flexibility index (Phi) is 5.43. The van der Waals surface area contributed by atoms with Crippen LogP contribution < -0.4 is 5.32 Å². The number of ether oxygens (including phenoxy) is 1. The number of carbonyl (C=O) groups is 1. The number of amides is 1. The lowest BCUT2D eigenvalue weighted by atomic mass is 10.1. The van der Waals surface area contributed by atoms with Crippen molar-refractivity contribution in [3.05, 3.63) is 18.0 Å². The maximum absolute atomic E-state index is 12.3. The van der Waals surface area contributed by atoms with Gasteiger partial charge in [-0.1, -0.05) is 0 Å². The third kappa shape index (κ3) is 4.30. The SMILES string of the molecule is CC(C)n1ccc(C(=O)N[C@@H]2COC[C@H]2CS(=O)(=O)N(C)C)n1. The predicted octanol–water partition coefficient (Wildman–Crippen LogP) is 0.100. The van der Waals surface area contributed by atoms with Gasteiger partial charge in [0.25, 0.3) is 5.91 Å². The minimum atomic E-state index is -3.34. The molecule has 1 N–H and O–H groups in total. The number of hydrogen-bond donors (Lipinski definition) is 1. The molecule has 1 amide bonds. The van der Waals surface area contributed by atoms with Crippen molar-refractivity contribution in [2.45, 2.75) is 25.9 Å². The molecule has 1 saturated heterocycles. The van der Waals surface area contributed by atoms with Crippen LogP contribution in [0.2, 0.25) is 0 Å². The van der Waals surface area contributed by atoms with Gasteiger partial charge in [-0.2, -0.15) is 5.10 Å². The molecule has 1 aromatic rings. The van der Waals surface area contributed by atoms with Crippen molar-refractivity contribution in [3.63, 3.8) is 0 Å². The number of sulfonamides is 1. The number of carbonyl (C=O) groups excluding carboxylic acids is 1. The third-order valence-electron chi connectivity index (χ3n) is 3.87. The Bertz CT molecular complexity index is 653. The first-order chi connectivity index (χ1) is 10.7. The van der Waals surface area contributed by atoms with Crippen molar-refractivity contribution in [3.8, 4) is 0 Å². The van der Waals surface area contributed by atoms with E-state index in [1.54, 1.807) is 16.9 Å². The highest BCUT2D eigenvalue weighted by molar-refractivity contribution is 7.89. The van der Waals surface area contributed by atoms with E-state index in [9.17, 15) is 13.2 Å². The summed E-state index contributed by atoms with van der Waals surface area (Å²) in [5.41, 5.74) is 0.319. The number of nitrogens with one attached hydrogen (secondary N) is 1. The standard InChI is InChI=1S/C14H24N4O4S/c1-10(2)18-6-5-12(16-18)14(19)15-13-8-22-7-11(13)9-23(20,21)17(3)4/h5-6,10-11,13H,7-9H2,1-4H3,(H,15,19)/t11-,13+/m0/s1. The van der Waals surface area contributed by atoms with E-state index in [2.05, 4.69) is 10.4 Å². The van der Waals surface area contributed by atoms with Crippen LogP contribution in [0.5, 0.6) is 0 Å². The van der Waals surface area contributed by atoms with Gasteiger partial charge in [0.1, 0.15) is 5.69 Å². The van der Waals surface area contributed by atoms with Crippen molar-refractivity contribution >= 4 is 15.9 Å². The average Bonchev–Trinajstić information content (AvgIpc) is 3.08. The first kappa shape index (κ1) is 17.9. The number of rotatable bonds is 6. The second-order valence-electron chi connectivity index (χ2n) is 6.21. The van der Waals surface area contributed by atoms with Crippen LogP contribution >= 0.6 is 0 Å². The molecule has 1 fully saturated rings. The third-order valence-corrected chi connectivity index (χ3v) is 5.83. The Hall–Kier alpha value is -1.45. The van der Waals surface area contributed by atoms with Crippen LogP contribution in [-0.2, 0) is 14.8 Å². The first-order valence-electron chi connectivity index (χ1n) is 7.54. The van der Waals surface area contributed by atoms with E-state index in [1.807, 2.05) is 13.8 Å². The van der Waals surface area contributed by atoms with Gasteiger partial charge in [0, 0.05) is 32.3 Å². The van der Waals surface area contributed by atoms with E-state index in [0.29, 0.717) is 18.9 Å². The highest BCUT2D eigenvalue weighted by Gasteiger charge is 2.34. The van der Waals surface area contributed by atoms with Crippen LogP contribution in [0.1, 0.15) is 30.4 Å². The molecule has 1 aliphatic rings. The number of nitrogens with zero attached hydrogens (tertiary/aromatic N) is 3. The van der Waals surface area contributed by atoms with E-state index in [1.165, 1.54) is 18.4 Å². The molecule has 0 radical (unpaired) electrons. The molecule has 0 unspecified atom stereocenters. The summed E-state index contributed by atoms with van der Waals surface area (Å²) < 4.78 is 32.3. The zero-order valence-electron chi connectivity index (χ0n) is 13.9. The molecule has 0 aliphatic carbocycles. The van der Waals surface area contributed by atoms with Gasteiger partial charge in [-0.3, -0.25) is 9.48 Å². The molecule has 1 aliphatic heterocycles. The predicted molar refractivity (Wildman–Crippen MR) is 85.6 cm³/mol. The molecule has 0 saturated carbocycles. The van der Waals surface area contributed by atoms with Crippen LogP contribution in [0.4, 0.5) is 0 Å². The monoisotopic (exact) mass is 344 g/mol. The van der Waals surface area contributed by atoms with Gasteiger partial charge in [-0.05, 0) is 19.9 Å². The maximum atomic E-state index is 12.3. The van der Waals surface area contributed by atoms with Crippen molar-refractivity contribution in [2.75, 3.05) is 33.1 Å². The minimum Gasteiger partial charge on any atom is -0.379 e. The summed E-state index contributed by atoms with van der Waals surface area (Å²) in [5.74, 6) is -0.628. The summed E-state index contributed by atoms with van der Waals surface area (Å²) in [7, 11) is -0.345. The van der Waals surface area contributed by atoms with Crippen molar-refractivity contribution in [2.24, 2.45) is 5.92 Å². The van der Waals surface area contributed by atoms with Crippen LogP contribution in [-0.4, -0.2) is 67.5 Å². The lowest BCUT2D eigenvalue weighted by molar-refractivity contribution is 0.0920. The molecular formula is C14H24N4O4S. The van der Waals surface area contributed by atoms with Gasteiger partial charge in [0.2, 0.25) is 10.0 Å². The molecular weight excluding hydrogens is 320 g/mol. The first-order valence-corrected chi connectivity index (χ1v) is 9.15. The maximum Gasteiger partial charge on any atom is 0.272 e. The molecule has 0 bridgehead atoms. The minimum absolute atomic E-state index is 0.0502. The van der Waals surface area contributed by atoms with E-state index in [0.717, 1.165) is 0 Å². The number of hydrogen-bond acceptors (Lipinski definition) is 5. The van der Waals surface area contributed by atoms with Gasteiger partial charge < -0.3 is 10.1 Å². The number of aromatic nitrogens is 2. The van der Waals surface area contributed by atoms with Crippen LogP contribution in [0.3, 0.4) is 0 Å². The Morgan fingerprint density at radius 1 is 1.48 bits per heavy atom.